The summed E-state index contributed by atoms with van der Waals surface area (Å²) in [7, 11) is 1.47. The van der Waals surface area contributed by atoms with Gasteiger partial charge in [-0.1, -0.05) is 0 Å². The highest BCUT2D eigenvalue weighted by Crippen LogP contribution is 2.27. The van der Waals surface area contributed by atoms with Crippen LogP contribution in [0.3, 0.4) is 0 Å². The molecular formula is C10H12O5. The van der Waals surface area contributed by atoms with Gasteiger partial charge in [-0.2, -0.15) is 0 Å². The molecule has 0 amide bonds. The van der Waals surface area contributed by atoms with Gasteiger partial charge in [0.25, 0.3) is 0 Å². The SMILES string of the molecule is COCOc1cc(C)c(C(=O)O)c(O)c1. The largest absolute Gasteiger partial charge is 0.507 e. The first kappa shape index (κ1) is 11.3. The van der Waals surface area contributed by atoms with Crippen molar-refractivity contribution < 1.29 is 24.5 Å². The van der Waals surface area contributed by atoms with Crippen molar-refractivity contribution in [2.24, 2.45) is 0 Å². The Bertz CT molecular complexity index is 349. The molecule has 5 heteroatoms. The second-order valence-electron chi connectivity index (χ2n) is 2.99. The van der Waals surface area contributed by atoms with E-state index >= 15 is 0 Å². The van der Waals surface area contributed by atoms with Crippen LogP contribution in [-0.4, -0.2) is 30.1 Å². The van der Waals surface area contributed by atoms with E-state index in [0.29, 0.717) is 11.3 Å². The maximum absolute atomic E-state index is 10.7. The minimum Gasteiger partial charge on any atom is -0.507 e. The van der Waals surface area contributed by atoms with Gasteiger partial charge in [-0.15, -0.1) is 0 Å². The molecule has 82 valence electrons. The van der Waals surface area contributed by atoms with Gasteiger partial charge in [0.1, 0.15) is 17.1 Å². The quantitative estimate of drug-likeness (QED) is 0.737. The van der Waals surface area contributed by atoms with Gasteiger partial charge < -0.3 is 19.7 Å². The van der Waals surface area contributed by atoms with Gasteiger partial charge in [0, 0.05) is 13.2 Å². The Morgan fingerprint density at radius 3 is 2.60 bits per heavy atom. The molecule has 0 aromatic heterocycles. The molecular weight excluding hydrogens is 200 g/mol. The predicted molar refractivity (Wildman–Crippen MR) is 52.3 cm³/mol. The first-order chi connectivity index (χ1) is 7.06. The molecule has 15 heavy (non-hydrogen) atoms. The molecule has 0 radical (unpaired) electrons. The molecule has 0 fully saturated rings. The molecule has 1 aromatic rings. The molecule has 0 aliphatic carbocycles. The molecule has 0 aliphatic rings. The molecule has 0 heterocycles. The Balaban J connectivity index is 3.03. The smallest absolute Gasteiger partial charge is 0.339 e. The topological polar surface area (TPSA) is 76.0 Å². The minimum atomic E-state index is -1.16. The number of hydrogen-bond acceptors (Lipinski definition) is 4. The van der Waals surface area contributed by atoms with Crippen molar-refractivity contribution in [3.63, 3.8) is 0 Å². The van der Waals surface area contributed by atoms with E-state index in [1.54, 1.807) is 6.92 Å². The van der Waals surface area contributed by atoms with Crippen LogP contribution in [0.25, 0.3) is 0 Å². The Labute approximate surface area is 86.9 Å². The Morgan fingerprint density at radius 1 is 1.47 bits per heavy atom. The number of phenols is 1. The van der Waals surface area contributed by atoms with Crippen LogP contribution >= 0.6 is 0 Å². The van der Waals surface area contributed by atoms with Crippen molar-refractivity contribution in [2.45, 2.75) is 6.92 Å². The molecule has 0 saturated heterocycles. The molecule has 1 aromatic carbocycles. The van der Waals surface area contributed by atoms with Gasteiger partial charge in [-0.3, -0.25) is 0 Å². The van der Waals surface area contributed by atoms with E-state index in [-0.39, 0.29) is 18.1 Å². The number of methoxy groups -OCH3 is 1. The van der Waals surface area contributed by atoms with Crippen LogP contribution in [0.2, 0.25) is 0 Å². The third kappa shape index (κ3) is 2.60. The van der Waals surface area contributed by atoms with Crippen molar-refractivity contribution >= 4 is 5.97 Å². The second-order valence-corrected chi connectivity index (χ2v) is 2.99. The summed E-state index contributed by atoms with van der Waals surface area (Å²) in [4.78, 5) is 10.7. The normalized spacial score (nSPS) is 10.0. The summed E-state index contributed by atoms with van der Waals surface area (Å²) in [5.41, 5.74) is 0.327. The number of benzene rings is 1. The summed E-state index contributed by atoms with van der Waals surface area (Å²) in [5.74, 6) is -1.10. The number of hydrogen-bond donors (Lipinski definition) is 2. The predicted octanol–water partition coefficient (Wildman–Crippen LogP) is 1.38. The Kier molecular flexibility index (Phi) is 3.51. The van der Waals surface area contributed by atoms with Crippen molar-refractivity contribution in [3.8, 4) is 11.5 Å². The molecule has 5 nitrogen and oxygen atoms in total. The fraction of sp³-hybridized carbons (Fsp3) is 0.300. The Morgan fingerprint density at radius 2 is 2.13 bits per heavy atom. The zero-order valence-electron chi connectivity index (χ0n) is 8.48. The minimum absolute atomic E-state index is 0.0469. The van der Waals surface area contributed by atoms with Gasteiger partial charge in [0.2, 0.25) is 0 Å². The maximum Gasteiger partial charge on any atom is 0.339 e. The van der Waals surface area contributed by atoms with Crippen molar-refractivity contribution in [1.29, 1.82) is 0 Å². The van der Waals surface area contributed by atoms with E-state index in [1.807, 2.05) is 0 Å². The molecule has 0 spiro atoms. The molecule has 0 bridgehead atoms. The highest BCUT2D eigenvalue weighted by Gasteiger charge is 2.14. The van der Waals surface area contributed by atoms with Crippen LogP contribution in [-0.2, 0) is 4.74 Å². The van der Waals surface area contributed by atoms with Gasteiger partial charge >= 0.3 is 5.97 Å². The Hall–Kier alpha value is -1.75. The number of aromatic hydroxyl groups is 1. The standard InChI is InChI=1S/C10H12O5/c1-6-3-7(15-5-14-2)4-8(11)9(6)10(12)13/h3-4,11H,5H2,1-2H3,(H,12,13). The van der Waals surface area contributed by atoms with Gasteiger partial charge in [0.05, 0.1) is 0 Å². The highest BCUT2D eigenvalue weighted by molar-refractivity contribution is 5.92. The fourth-order valence-corrected chi connectivity index (χ4v) is 1.22. The molecule has 2 N–H and O–H groups in total. The number of carbonyl (C=O) groups is 1. The summed E-state index contributed by atoms with van der Waals surface area (Å²) >= 11 is 0. The van der Waals surface area contributed by atoms with Crippen LogP contribution in [0, 0.1) is 6.92 Å². The number of aromatic carboxylic acids is 1. The second kappa shape index (κ2) is 4.65. The van der Waals surface area contributed by atoms with Gasteiger partial charge in [-0.25, -0.2) is 4.79 Å². The lowest BCUT2D eigenvalue weighted by Crippen LogP contribution is -2.03. The van der Waals surface area contributed by atoms with E-state index in [0.717, 1.165) is 0 Å². The van der Waals surface area contributed by atoms with Crippen LogP contribution in [0.15, 0.2) is 12.1 Å². The van der Waals surface area contributed by atoms with E-state index in [2.05, 4.69) is 4.74 Å². The lowest BCUT2D eigenvalue weighted by molar-refractivity contribution is 0.0509. The van der Waals surface area contributed by atoms with Crippen LogP contribution in [0.5, 0.6) is 11.5 Å². The van der Waals surface area contributed by atoms with Gasteiger partial charge in [0.15, 0.2) is 6.79 Å². The molecule has 0 atom stereocenters. The molecule has 0 unspecified atom stereocenters. The summed E-state index contributed by atoms with van der Waals surface area (Å²) in [6.07, 6.45) is 0. The first-order valence-electron chi connectivity index (χ1n) is 4.25. The summed E-state index contributed by atoms with van der Waals surface area (Å²) in [6.45, 7) is 1.63. The average molecular weight is 212 g/mol. The third-order valence-corrected chi connectivity index (χ3v) is 1.85. The molecule has 0 aliphatic heterocycles. The number of rotatable bonds is 4. The van der Waals surface area contributed by atoms with Crippen LogP contribution in [0.1, 0.15) is 15.9 Å². The maximum atomic E-state index is 10.7. The zero-order valence-corrected chi connectivity index (χ0v) is 8.48. The number of aryl methyl sites for hydroxylation is 1. The lowest BCUT2D eigenvalue weighted by atomic mass is 10.1. The van der Waals surface area contributed by atoms with E-state index in [1.165, 1.54) is 19.2 Å². The fourth-order valence-electron chi connectivity index (χ4n) is 1.22. The number of ether oxygens (including phenoxy) is 2. The summed E-state index contributed by atoms with van der Waals surface area (Å²) in [5, 5.41) is 18.2. The van der Waals surface area contributed by atoms with E-state index in [9.17, 15) is 9.90 Å². The summed E-state index contributed by atoms with van der Waals surface area (Å²) < 4.78 is 9.76. The van der Waals surface area contributed by atoms with Crippen LogP contribution < -0.4 is 4.74 Å². The zero-order chi connectivity index (χ0) is 11.4. The molecule has 0 saturated carbocycles. The van der Waals surface area contributed by atoms with Crippen molar-refractivity contribution in [3.05, 3.63) is 23.3 Å². The lowest BCUT2D eigenvalue weighted by Gasteiger charge is -2.09. The summed E-state index contributed by atoms with van der Waals surface area (Å²) in [6, 6.07) is 2.78. The van der Waals surface area contributed by atoms with Gasteiger partial charge in [-0.05, 0) is 18.6 Å². The molecule has 1 rings (SSSR count). The van der Waals surface area contributed by atoms with E-state index < -0.39 is 5.97 Å². The van der Waals surface area contributed by atoms with Crippen molar-refractivity contribution in [2.75, 3.05) is 13.9 Å². The number of carboxylic acid groups (broad SMARTS) is 1. The van der Waals surface area contributed by atoms with Crippen LogP contribution in [0.4, 0.5) is 0 Å². The average Bonchev–Trinajstić information content (AvgIpc) is 2.12. The van der Waals surface area contributed by atoms with Crippen molar-refractivity contribution in [1.82, 2.24) is 0 Å². The highest BCUT2D eigenvalue weighted by atomic mass is 16.7. The monoisotopic (exact) mass is 212 g/mol. The number of carboxylic acids is 1. The first-order valence-corrected chi connectivity index (χ1v) is 4.25. The van der Waals surface area contributed by atoms with E-state index in [4.69, 9.17) is 9.84 Å². The third-order valence-electron chi connectivity index (χ3n) is 1.85.